The van der Waals surface area contributed by atoms with Crippen LogP contribution < -0.4 is 0 Å². The lowest BCUT2D eigenvalue weighted by molar-refractivity contribution is 0.109. The molecule has 0 radical (unpaired) electrons. The van der Waals surface area contributed by atoms with Gasteiger partial charge in [0, 0.05) is 22.1 Å². The summed E-state index contributed by atoms with van der Waals surface area (Å²) in [5.41, 5.74) is 1.05. The van der Waals surface area contributed by atoms with E-state index in [9.17, 15) is 4.79 Å². The molecule has 18 heavy (non-hydrogen) atoms. The Balaban J connectivity index is 2.00. The molecule has 0 fully saturated rings. The van der Waals surface area contributed by atoms with E-state index in [1.54, 1.807) is 12.1 Å². The predicted octanol–water partition coefficient (Wildman–Crippen LogP) is 3.75. The molecule has 0 bridgehead atoms. The molecule has 4 heteroatoms. The van der Waals surface area contributed by atoms with Crippen molar-refractivity contribution in [1.29, 1.82) is 0 Å². The first-order chi connectivity index (χ1) is 8.78. The van der Waals surface area contributed by atoms with Crippen LogP contribution in [-0.4, -0.2) is 10.9 Å². The van der Waals surface area contributed by atoms with Crippen molar-refractivity contribution in [1.82, 2.24) is 4.57 Å². The van der Waals surface area contributed by atoms with E-state index >= 15 is 0 Å². The zero-order chi connectivity index (χ0) is 12.5. The lowest BCUT2D eigenvalue weighted by Gasteiger charge is -2.03. The first kappa shape index (κ1) is 11.1. The summed E-state index contributed by atoms with van der Waals surface area (Å²) in [4.78, 5) is 10.6. The molecule has 0 amide bonds. The third-order valence-corrected chi connectivity index (χ3v) is 3.21. The van der Waals surface area contributed by atoms with E-state index in [-0.39, 0.29) is 0 Å². The number of aromatic nitrogens is 1. The minimum absolute atomic E-state index is 0.347. The van der Waals surface area contributed by atoms with Gasteiger partial charge >= 0.3 is 0 Å². The van der Waals surface area contributed by atoms with Gasteiger partial charge in [-0.3, -0.25) is 4.79 Å². The monoisotopic (exact) mass is 259 g/mol. The van der Waals surface area contributed by atoms with E-state index in [0.717, 1.165) is 21.7 Å². The molecule has 0 saturated carbocycles. The maximum absolute atomic E-state index is 10.6. The second-order valence-electron chi connectivity index (χ2n) is 4.04. The molecular weight excluding hydrogens is 250 g/mol. The quantitative estimate of drug-likeness (QED) is 0.672. The summed E-state index contributed by atoms with van der Waals surface area (Å²) in [5, 5.41) is 1.75. The minimum atomic E-state index is 0.347. The average molecular weight is 260 g/mol. The fraction of sp³-hybridized carbons (Fsp3) is 0.0714. The number of rotatable bonds is 3. The van der Waals surface area contributed by atoms with Gasteiger partial charge in [-0.2, -0.15) is 0 Å². The van der Waals surface area contributed by atoms with Gasteiger partial charge in [0.1, 0.15) is 5.76 Å². The number of fused-ring (bicyclic) bond motifs is 1. The van der Waals surface area contributed by atoms with Crippen LogP contribution in [0.4, 0.5) is 0 Å². The molecule has 3 nitrogen and oxygen atoms in total. The molecule has 0 spiro atoms. The molecule has 3 rings (SSSR count). The van der Waals surface area contributed by atoms with E-state index in [0.29, 0.717) is 18.6 Å². The zero-order valence-electron chi connectivity index (χ0n) is 9.47. The maximum Gasteiger partial charge on any atom is 0.185 e. The summed E-state index contributed by atoms with van der Waals surface area (Å²) >= 11 is 6.12. The van der Waals surface area contributed by atoms with Crippen molar-refractivity contribution in [2.24, 2.45) is 0 Å². The molecule has 90 valence electrons. The Morgan fingerprint density at radius 1 is 1.22 bits per heavy atom. The van der Waals surface area contributed by atoms with E-state index in [2.05, 4.69) is 0 Å². The van der Waals surface area contributed by atoms with E-state index in [1.165, 1.54) is 0 Å². The Kier molecular flexibility index (Phi) is 2.68. The smallest absolute Gasteiger partial charge is 0.185 e. The number of carbonyl (C=O) groups excluding carboxylic acids is 1. The van der Waals surface area contributed by atoms with Crippen LogP contribution >= 0.6 is 11.6 Å². The number of halogens is 1. The topological polar surface area (TPSA) is 35.1 Å². The van der Waals surface area contributed by atoms with Crippen molar-refractivity contribution in [2.75, 3.05) is 0 Å². The second kappa shape index (κ2) is 4.35. The number of hydrogen-bond acceptors (Lipinski definition) is 2. The Morgan fingerprint density at radius 2 is 2.11 bits per heavy atom. The van der Waals surface area contributed by atoms with Crippen LogP contribution in [0.25, 0.3) is 10.9 Å². The van der Waals surface area contributed by atoms with Crippen LogP contribution in [-0.2, 0) is 6.54 Å². The van der Waals surface area contributed by atoms with Gasteiger partial charge in [-0.05, 0) is 30.3 Å². The van der Waals surface area contributed by atoms with Gasteiger partial charge in [0.15, 0.2) is 12.0 Å². The second-order valence-corrected chi connectivity index (χ2v) is 4.45. The molecule has 0 aliphatic rings. The highest BCUT2D eigenvalue weighted by atomic mass is 35.5. The van der Waals surface area contributed by atoms with Gasteiger partial charge in [-0.1, -0.05) is 17.7 Å². The molecule has 0 aliphatic carbocycles. The van der Waals surface area contributed by atoms with Gasteiger partial charge in [0.25, 0.3) is 0 Å². The number of aldehydes is 1. The Labute approximate surface area is 109 Å². The molecule has 0 atom stereocenters. The average Bonchev–Trinajstić information content (AvgIpc) is 2.98. The van der Waals surface area contributed by atoms with Gasteiger partial charge in [-0.15, -0.1) is 0 Å². The fourth-order valence-corrected chi connectivity index (χ4v) is 2.27. The maximum atomic E-state index is 10.6. The molecule has 0 saturated heterocycles. The van der Waals surface area contributed by atoms with Crippen LogP contribution in [0.1, 0.15) is 16.3 Å². The van der Waals surface area contributed by atoms with Crippen LogP contribution in [0.2, 0.25) is 5.02 Å². The van der Waals surface area contributed by atoms with Crippen molar-refractivity contribution in [3.05, 3.63) is 59.1 Å². The fourth-order valence-electron chi connectivity index (χ4n) is 2.03. The van der Waals surface area contributed by atoms with Crippen molar-refractivity contribution < 1.29 is 9.21 Å². The van der Waals surface area contributed by atoms with Crippen molar-refractivity contribution in [3.63, 3.8) is 0 Å². The minimum Gasteiger partial charge on any atom is -0.456 e. The Morgan fingerprint density at radius 3 is 2.89 bits per heavy atom. The van der Waals surface area contributed by atoms with Crippen molar-refractivity contribution in [2.45, 2.75) is 6.54 Å². The first-order valence-electron chi connectivity index (χ1n) is 5.55. The van der Waals surface area contributed by atoms with Crippen molar-refractivity contribution >= 4 is 28.8 Å². The lowest BCUT2D eigenvalue weighted by Crippen LogP contribution is -1.96. The van der Waals surface area contributed by atoms with Gasteiger partial charge < -0.3 is 8.98 Å². The lowest BCUT2D eigenvalue weighted by atomic mass is 10.2. The third-order valence-electron chi connectivity index (χ3n) is 2.89. The summed E-state index contributed by atoms with van der Waals surface area (Å²) in [7, 11) is 0. The van der Waals surface area contributed by atoms with Gasteiger partial charge in [0.2, 0.25) is 0 Å². The normalized spacial score (nSPS) is 10.9. The SMILES string of the molecule is O=Cc1ccc(Cn2ccc3c(Cl)cccc32)o1. The number of furan rings is 1. The van der Waals surface area contributed by atoms with E-state index in [1.807, 2.05) is 35.0 Å². The molecule has 2 aromatic heterocycles. The summed E-state index contributed by atoms with van der Waals surface area (Å²) in [5.74, 6) is 1.09. The molecule has 3 aromatic rings. The molecule has 2 heterocycles. The summed E-state index contributed by atoms with van der Waals surface area (Å²) in [6.07, 6.45) is 2.66. The summed E-state index contributed by atoms with van der Waals surface area (Å²) in [6, 6.07) is 11.2. The van der Waals surface area contributed by atoms with Crippen molar-refractivity contribution in [3.8, 4) is 0 Å². The van der Waals surface area contributed by atoms with Crippen LogP contribution in [0.5, 0.6) is 0 Å². The third kappa shape index (κ3) is 1.83. The Bertz CT molecular complexity index is 711. The standard InChI is InChI=1S/C14H10ClNO2/c15-13-2-1-3-14-12(13)6-7-16(14)8-10-4-5-11(9-17)18-10/h1-7,9H,8H2. The van der Waals surface area contributed by atoms with Crippen LogP contribution in [0.3, 0.4) is 0 Å². The largest absolute Gasteiger partial charge is 0.456 e. The summed E-state index contributed by atoms with van der Waals surface area (Å²) < 4.78 is 7.40. The van der Waals surface area contributed by atoms with Crippen LogP contribution in [0.15, 0.2) is 47.0 Å². The van der Waals surface area contributed by atoms with E-state index in [4.69, 9.17) is 16.0 Å². The zero-order valence-corrected chi connectivity index (χ0v) is 10.2. The summed E-state index contributed by atoms with van der Waals surface area (Å²) in [6.45, 7) is 0.581. The number of hydrogen-bond donors (Lipinski definition) is 0. The molecule has 1 aromatic carbocycles. The molecule has 0 N–H and O–H groups in total. The molecule has 0 aliphatic heterocycles. The first-order valence-corrected chi connectivity index (χ1v) is 5.93. The molecule has 0 unspecified atom stereocenters. The van der Waals surface area contributed by atoms with Gasteiger partial charge in [-0.25, -0.2) is 0 Å². The Hall–Kier alpha value is -2.00. The number of benzene rings is 1. The van der Waals surface area contributed by atoms with Gasteiger partial charge in [0.05, 0.1) is 6.54 Å². The number of carbonyl (C=O) groups is 1. The van der Waals surface area contributed by atoms with E-state index < -0.39 is 0 Å². The highest BCUT2D eigenvalue weighted by molar-refractivity contribution is 6.35. The highest BCUT2D eigenvalue weighted by Crippen LogP contribution is 2.25. The predicted molar refractivity (Wildman–Crippen MR) is 70.1 cm³/mol. The van der Waals surface area contributed by atoms with Crippen LogP contribution in [0, 0.1) is 0 Å². The highest BCUT2D eigenvalue weighted by Gasteiger charge is 2.06. The molecular formula is C14H10ClNO2. The number of nitrogens with zero attached hydrogens (tertiary/aromatic N) is 1.